The van der Waals surface area contributed by atoms with Crippen LogP contribution in [0.4, 0.5) is 0 Å². The quantitative estimate of drug-likeness (QED) is 0.917. The first-order valence-corrected chi connectivity index (χ1v) is 8.19. The molecule has 0 aliphatic rings. The summed E-state index contributed by atoms with van der Waals surface area (Å²) in [6.07, 6.45) is 0.355. The summed E-state index contributed by atoms with van der Waals surface area (Å²) in [6, 6.07) is 7.68. The number of carbonyl (C=O) groups excluding carboxylic acids is 1. The van der Waals surface area contributed by atoms with Crippen LogP contribution in [0.25, 0.3) is 0 Å². The van der Waals surface area contributed by atoms with Crippen molar-refractivity contribution in [3.05, 3.63) is 46.8 Å². The Morgan fingerprint density at radius 3 is 2.33 bits per heavy atom. The number of hydrogen-bond donors (Lipinski definition) is 1. The molecule has 5 heteroatoms. The zero-order chi connectivity index (χ0) is 17.9. The van der Waals surface area contributed by atoms with E-state index in [1.165, 1.54) is 0 Å². The van der Waals surface area contributed by atoms with Crippen LogP contribution in [-0.2, 0) is 24.8 Å². The van der Waals surface area contributed by atoms with Crippen molar-refractivity contribution in [1.29, 1.82) is 0 Å². The molecular weight excluding hydrogens is 302 g/mol. The van der Waals surface area contributed by atoms with Crippen molar-refractivity contribution >= 4 is 5.91 Å². The maximum atomic E-state index is 12.2. The number of hydrogen-bond acceptors (Lipinski definition) is 3. The number of aryl methyl sites for hydroxylation is 2. The lowest BCUT2D eigenvalue weighted by Gasteiger charge is -2.21. The number of nitrogens with one attached hydrogen (secondary N) is 1. The van der Waals surface area contributed by atoms with Gasteiger partial charge in [0.25, 0.3) is 0 Å². The van der Waals surface area contributed by atoms with Crippen molar-refractivity contribution in [2.45, 2.75) is 53.2 Å². The second-order valence-electron chi connectivity index (χ2n) is 7.08. The Hall–Kier alpha value is -2.30. The van der Waals surface area contributed by atoms with E-state index < -0.39 is 0 Å². The summed E-state index contributed by atoms with van der Waals surface area (Å²) in [5, 5.41) is 7.33. The standard InChI is InChI=1S/C19H27N3O2/c1-13-17(14(2)22(6)21-13)12-20-18(23)11-15-7-9-16(10-8-15)24-19(3,4)5/h7-10H,11-12H2,1-6H3,(H,20,23). The third-order valence-electron chi connectivity index (χ3n) is 3.83. The third kappa shape index (κ3) is 4.85. The Kier molecular flexibility index (Phi) is 5.32. The second-order valence-corrected chi connectivity index (χ2v) is 7.08. The van der Waals surface area contributed by atoms with E-state index in [0.29, 0.717) is 13.0 Å². The highest BCUT2D eigenvalue weighted by atomic mass is 16.5. The Morgan fingerprint density at radius 1 is 1.21 bits per heavy atom. The lowest BCUT2D eigenvalue weighted by atomic mass is 10.1. The van der Waals surface area contributed by atoms with Crippen molar-refractivity contribution in [3.8, 4) is 5.75 Å². The summed E-state index contributed by atoms with van der Waals surface area (Å²) in [6.45, 7) is 10.5. The molecular formula is C19H27N3O2. The molecule has 0 unspecified atom stereocenters. The number of aromatic nitrogens is 2. The molecule has 0 aliphatic heterocycles. The number of nitrogens with zero attached hydrogens (tertiary/aromatic N) is 2. The number of benzene rings is 1. The topological polar surface area (TPSA) is 56.2 Å². The zero-order valence-corrected chi connectivity index (χ0v) is 15.4. The molecule has 0 spiro atoms. The molecule has 0 saturated heterocycles. The van der Waals surface area contributed by atoms with E-state index in [4.69, 9.17) is 4.74 Å². The fourth-order valence-corrected chi connectivity index (χ4v) is 2.54. The number of ether oxygens (including phenoxy) is 1. The lowest BCUT2D eigenvalue weighted by Crippen LogP contribution is -2.25. The highest BCUT2D eigenvalue weighted by Crippen LogP contribution is 2.18. The Bertz CT molecular complexity index is 709. The molecule has 0 fully saturated rings. The van der Waals surface area contributed by atoms with Gasteiger partial charge in [-0.25, -0.2) is 0 Å². The van der Waals surface area contributed by atoms with Crippen molar-refractivity contribution in [3.63, 3.8) is 0 Å². The maximum Gasteiger partial charge on any atom is 0.224 e. The highest BCUT2D eigenvalue weighted by molar-refractivity contribution is 5.78. The van der Waals surface area contributed by atoms with Gasteiger partial charge in [0.1, 0.15) is 11.4 Å². The first-order chi connectivity index (χ1) is 11.2. The molecule has 0 bridgehead atoms. The monoisotopic (exact) mass is 329 g/mol. The predicted octanol–water partition coefficient (Wildman–Crippen LogP) is 3.07. The van der Waals surface area contributed by atoms with Gasteiger partial charge in [-0.3, -0.25) is 9.48 Å². The third-order valence-corrected chi connectivity index (χ3v) is 3.83. The fraction of sp³-hybridized carbons (Fsp3) is 0.474. The van der Waals surface area contributed by atoms with E-state index in [1.54, 1.807) is 0 Å². The fourth-order valence-electron chi connectivity index (χ4n) is 2.54. The smallest absolute Gasteiger partial charge is 0.224 e. The average molecular weight is 329 g/mol. The van der Waals surface area contributed by atoms with Gasteiger partial charge in [-0.15, -0.1) is 0 Å². The molecule has 2 aromatic rings. The van der Waals surface area contributed by atoms with Crippen LogP contribution < -0.4 is 10.1 Å². The first kappa shape index (κ1) is 18.0. The van der Waals surface area contributed by atoms with Crippen LogP contribution in [0.15, 0.2) is 24.3 Å². The molecule has 0 aliphatic carbocycles. The minimum absolute atomic E-state index is 0.00198. The van der Waals surface area contributed by atoms with Gasteiger partial charge in [-0.1, -0.05) is 12.1 Å². The van der Waals surface area contributed by atoms with E-state index in [0.717, 1.165) is 28.3 Å². The first-order valence-electron chi connectivity index (χ1n) is 8.19. The van der Waals surface area contributed by atoms with Crippen molar-refractivity contribution in [2.75, 3.05) is 0 Å². The van der Waals surface area contributed by atoms with E-state index in [-0.39, 0.29) is 11.5 Å². The maximum absolute atomic E-state index is 12.2. The van der Waals surface area contributed by atoms with Crippen molar-refractivity contribution in [2.24, 2.45) is 7.05 Å². The summed E-state index contributed by atoms with van der Waals surface area (Å²) in [5.41, 5.74) is 3.86. The van der Waals surface area contributed by atoms with Crippen LogP contribution >= 0.6 is 0 Å². The van der Waals surface area contributed by atoms with Gasteiger partial charge in [0.05, 0.1) is 12.1 Å². The molecule has 1 amide bonds. The summed E-state index contributed by atoms with van der Waals surface area (Å²) < 4.78 is 7.62. The van der Waals surface area contributed by atoms with Gasteiger partial charge < -0.3 is 10.1 Å². The van der Waals surface area contributed by atoms with Crippen molar-refractivity contribution < 1.29 is 9.53 Å². The molecule has 130 valence electrons. The molecule has 24 heavy (non-hydrogen) atoms. The summed E-state index contributed by atoms with van der Waals surface area (Å²) in [7, 11) is 1.91. The summed E-state index contributed by atoms with van der Waals surface area (Å²) in [4.78, 5) is 12.2. The molecule has 2 rings (SSSR count). The predicted molar refractivity (Wildman–Crippen MR) is 95.1 cm³/mol. The molecule has 1 heterocycles. The zero-order valence-electron chi connectivity index (χ0n) is 15.4. The van der Waals surface area contributed by atoms with Gasteiger partial charge in [0, 0.05) is 24.8 Å². The number of carbonyl (C=O) groups is 1. The van der Waals surface area contributed by atoms with Gasteiger partial charge in [-0.05, 0) is 52.3 Å². The number of amides is 1. The molecule has 0 radical (unpaired) electrons. The van der Waals surface area contributed by atoms with Crippen LogP contribution in [-0.4, -0.2) is 21.3 Å². The molecule has 0 saturated carbocycles. The van der Waals surface area contributed by atoms with E-state index in [9.17, 15) is 4.79 Å². The lowest BCUT2D eigenvalue weighted by molar-refractivity contribution is -0.120. The molecule has 5 nitrogen and oxygen atoms in total. The van der Waals surface area contributed by atoms with E-state index >= 15 is 0 Å². The van der Waals surface area contributed by atoms with Crippen LogP contribution in [0.5, 0.6) is 5.75 Å². The number of rotatable bonds is 5. The molecule has 0 atom stereocenters. The molecule has 1 aromatic carbocycles. The van der Waals surface area contributed by atoms with E-state index in [2.05, 4.69) is 10.4 Å². The Morgan fingerprint density at radius 2 is 1.83 bits per heavy atom. The van der Waals surface area contributed by atoms with Crippen LogP contribution in [0.2, 0.25) is 0 Å². The molecule has 1 N–H and O–H groups in total. The largest absolute Gasteiger partial charge is 0.488 e. The Balaban J connectivity index is 1.90. The van der Waals surface area contributed by atoms with Gasteiger partial charge in [0.15, 0.2) is 0 Å². The van der Waals surface area contributed by atoms with Gasteiger partial charge >= 0.3 is 0 Å². The second kappa shape index (κ2) is 7.07. The SMILES string of the molecule is Cc1nn(C)c(C)c1CNC(=O)Cc1ccc(OC(C)(C)C)cc1. The van der Waals surface area contributed by atoms with Crippen LogP contribution in [0.3, 0.4) is 0 Å². The van der Waals surface area contributed by atoms with Crippen molar-refractivity contribution in [1.82, 2.24) is 15.1 Å². The minimum atomic E-state index is -0.224. The summed E-state index contributed by atoms with van der Waals surface area (Å²) >= 11 is 0. The Labute approximate surface area is 144 Å². The van der Waals surface area contributed by atoms with Gasteiger partial charge in [0.2, 0.25) is 5.91 Å². The average Bonchev–Trinajstić information content (AvgIpc) is 2.71. The minimum Gasteiger partial charge on any atom is -0.488 e. The molecule has 1 aromatic heterocycles. The van der Waals surface area contributed by atoms with Crippen LogP contribution in [0, 0.1) is 13.8 Å². The summed E-state index contributed by atoms with van der Waals surface area (Å²) in [5.74, 6) is 0.815. The normalized spacial score (nSPS) is 11.4. The van der Waals surface area contributed by atoms with Crippen LogP contribution in [0.1, 0.15) is 43.3 Å². The van der Waals surface area contributed by atoms with Gasteiger partial charge in [-0.2, -0.15) is 5.10 Å². The van der Waals surface area contributed by atoms with E-state index in [1.807, 2.05) is 70.6 Å². The highest BCUT2D eigenvalue weighted by Gasteiger charge is 2.13.